The van der Waals surface area contributed by atoms with Crippen molar-refractivity contribution in [3.63, 3.8) is 0 Å². The quantitative estimate of drug-likeness (QED) is 0.770. The molecule has 2 amide bonds. The molecule has 2 aliphatic heterocycles. The fourth-order valence-corrected chi connectivity index (χ4v) is 5.22. The number of benzene rings is 1. The summed E-state index contributed by atoms with van der Waals surface area (Å²) in [5.41, 5.74) is -0.106. The first-order valence-corrected chi connectivity index (χ1v) is 10.6. The number of rotatable bonds is 2. The van der Waals surface area contributed by atoms with Crippen molar-refractivity contribution in [3.8, 4) is 0 Å². The Kier molecular flexibility index (Phi) is 5.65. The Balaban J connectivity index is 1.32. The van der Waals surface area contributed by atoms with Gasteiger partial charge >= 0.3 is 0 Å². The van der Waals surface area contributed by atoms with Gasteiger partial charge in [0.05, 0.1) is 5.56 Å². The number of likely N-dealkylation sites (tertiary alicyclic amines) is 2. The Morgan fingerprint density at radius 1 is 0.857 bits per heavy atom. The molecule has 0 unspecified atom stereocenters. The molecule has 6 heteroatoms. The van der Waals surface area contributed by atoms with Gasteiger partial charge in [0, 0.05) is 38.2 Å². The highest BCUT2D eigenvalue weighted by molar-refractivity contribution is 5.94. The van der Waals surface area contributed by atoms with Crippen LogP contribution in [0.3, 0.4) is 0 Å². The van der Waals surface area contributed by atoms with E-state index in [2.05, 4.69) is 0 Å². The van der Waals surface area contributed by atoms with Crippen LogP contribution in [0.4, 0.5) is 8.78 Å². The molecule has 2 saturated heterocycles. The second kappa shape index (κ2) is 8.18. The first-order valence-electron chi connectivity index (χ1n) is 10.6. The van der Waals surface area contributed by atoms with Crippen LogP contribution >= 0.6 is 0 Å². The molecule has 1 aliphatic carbocycles. The Hall–Kier alpha value is -1.98. The maximum Gasteiger partial charge on any atom is 0.256 e. The van der Waals surface area contributed by atoms with Gasteiger partial charge in [-0.15, -0.1) is 0 Å². The molecule has 0 bridgehead atoms. The predicted octanol–water partition coefficient (Wildman–Crippen LogP) is 3.86. The maximum absolute atomic E-state index is 13.9. The largest absolute Gasteiger partial charge is 0.342 e. The molecule has 28 heavy (non-hydrogen) atoms. The van der Waals surface area contributed by atoms with E-state index in [1.165, 1.54) is 31.7 Å². The minimum atomic E-state index is -0.835. The number of nitrogens with zero attached hydrogens (tertiary/aromatic N) is 2. The van der Waals surface area contributed by atoms with E-state index in [0.717, 1.165) is 37.6 Å². The SMILES string of the molecule is O=C(c1ccc(F)cc1F)N1CCC(C(=O)N2CC[C@H]3CCCC[C@H]3C2)CC1. The van der Waals surface area contributed by atoms with Crippen LogP contribution in [0.25, 0.3) is 0 Å². The van der Waals surface area contributed by atoms with E-state index < -0.39 is 17.5 Å². The minimum absolute atomic E-state index is 0.0535. The van der Waals surface area contributed by atoms with Crippen LogP contribution in [0, 0.1) is 29.4 Å². The van der Waals surface area contributed by atoms with Crippen molar-refractivity contribution in [2.24, 2.45) is 17.8 Å². The van der Waals surface area contributed by atoms with E-state index in [9.17, 15) is 18.4 Å². The summed E-state index contributed by atoms with van der Waals surface area (Å²) in [6, 6.07) is 3.03. The van der Waals surface area contributed by atoms with Crippen LogP contribution < -0.4 is 0 Å². The minimum Gasteiger partial charge on any atom is -0.342 e. The standard InChI is InChI=1S/C22H28F2N2O2/c23-18-5-6-19(20(24)13-18)22(28)25-10-8-16(9-11-25)21(27)26-12-7-15-3-1-2-4-17(15)14-26/h5-6,13,15-17H,1-4,7-12,14H2/t15-,17+/m1/s1. The summed E-state index contributed by atoms with van der Waals surface area (Å²) in [6.45, 7) is 2.63. The number of piperidine rings is 2. The molecule has 1 aromatic carbocycles. The first-order chi connectivity index (χ1) is 13.5. The molecule has 0 radical (unpaired) electrons. The third-order valence-electron chi connectivity index (χ3n) is 6.90. The van der Waals surface area contributed by atoms with E-state index >= 15 is 0 Å². The van der Waals surface area contributed by atoms with Gasteiger partial charge in [-0.3, -0.25) is 9.59 Å². The monoisotopic (exact) mass is 390 g/mol. The third-order valence-corrected chi connectivity index (χ3v) is 6.90. The summed E-state index contributed by atoms with van der Waals surface area (Å²) in [5, 5.41) is 0. The highest BCUT2D eigenvalue weighted by Crippen LogP contribution is 2.37. The fourth-order valence-electron chi connectivity index (χ4n) is 5.22. The molecular weight excluding hydrogens is 362 g/mol. The van der Waals surface area contributed by atoms with E-state index in [4.69, 9.17) is 0 Å². The average molecular weight is 390 g/mol. The maximum atomic E-state index is 13.9. The van der Waals surface area contributed by atoms with E-state index in [1.54, 1.807) is 4.90 Å². The smallest absolute Gasteiger partial charge is 0.256 e. The van der Waals surface area contributed by atoms with Crippen LogP contribution in [0.1, 0.15) is 55.3 Å². The van der Waals surface area contributed by atoms with E-state index in [1.807, 2.05) is 4.90 Å². The normalized spacial score (nSPS) is 26.1. The third kappa shape index (κ3) is 3.91. The highest BCUT2D eigenvalue weighted by Gasteiger charge is 2.36. The lowest BCUT2D eigenvalue weighted by Crippen LogP contribution is -2.49. The molecule has 0 spiro atoms. The van der Waals surface area contributed by atoms with E-state index in [-0.39, 0.29) is 17.4 Å². The lowest BCUT2D eigenvalue weighted by atomic mass is 9.75. The van der Waals surface area contributed by atoms with Crippen molar-refractivity contribution >= 4 is 11.8 Å². The fraction of sp³-hybridized carbons (Fsp3) is 0.636. The van der Waals surface area contributed by atoms with Crippen LogP contribution in [-0.4, -0.2) is 47.8 Å². The number of fused-ring (bicyclic) bond motifs is 1. The molecule has 1 saturated carbocycles. The Labute approximate surface area is 164 Å². The van der Waals surface area contributed by atoms with Crippen molar-refractivity contribution in [1.82, 2.24) is 9.80 Å². The van der Waals surface area contributed by atoms with Gasteiger partial charge in [0.25, 0.3) is 5.91 Å². The van der Waals surface area contributed by atoms with Gasteiger partial charge in [0.2, 0.25) is 5.91 Å². The van der Waals surface area contributed by atoms with Gasteiger partial charge in [0.15, 0.2) is 0 Å². The van der Waals surface area contributed by atoms with Crippen molar-refractivity contribution < 1.29 is 18.4 Å². The summed E-state index contributed by atoms with van der Waals surface area (Å²) in [6.07, 6.45) is 7.51. The van der Waals surface area contributed by atoms with Crippen LogP contribution in [0.15, 0.2) is 18.2 Å². The zero-order valence-electron chi connectivity index (χ0n) is 16.2. The lowest BCUT2D eigenvalue weighted by Gasteiger charge is -2.43. The van der Waals surface area contributed by atoms with Gasteiger partial charge in [-0.25, -0.2) is 8.78 Å². The number of halogens is 2. The zero-order valence-corrected chi connectivity index (χ0v) is 16.2. The number of hydrogen-bond donors (Lipinski definition) is 0. The molecule has 4 nitrogen and oxygen atoms in total. The predicted molar refractivity (Wildman–Crippen MR) is 102 cm³/mol. The molecule has 152 valence electrons. The number of hydrogen-bond acceptors (Lipinski definition) is 2. The Bertz CT molecular complexity index is 746. The molecule has 0 N–H and O–H groups in total. The second-order valence-corrected chi connectivity index (χ2v) is 8.57. The summed E-state index contributed by atoms with van der Waals surface area (Å²) in [5.74, 6) is -0.325. The summed E-state index contributed by atoms with van der Waals surface area (Å²) in [7, 11) is 0. The summed E-state index contributed by atoms with van der Waals surface area (Å²) in [4.78, 5) is 29.1. The molecule has 4 rings (SSSR count). The second-order valence-electron chi connectivity index (χ2n) is 8.57. The molecule has 1 aromatic rings. The van der Waals surface area contributed by atoms with Gasteiger partial charge in [0.1, 0.15) is 11.6 Å². The average Bonchev–Trinajstić information content (AvgIpc) is 2.72. The van der Waals surface area contributed by atoms with Crippen LogP contribution in [0.5, 0.6) is 0 Å². The first kappa shape index (κ1) is 19.3. The van der Waals surface area contributed by atoms with Crippen LogP contribution in [0.2, 0.25) is 0 Å². The van der Waals surface area contributed by atoms with Crippen molar-refractivity contribution in [2.75, 3.05) is 26.2 Å². The Morgan fingerprint density at radius 2 is 1.54 bits per heavy atom. The number of carbonyl (C=O) groups excluding carboxylic acids is 2. The van der Waals surface area contributed by atoms with Gasteiger partial charge in [-0.1, -0.05) is 19.3 Å². The molecule has 3 fully saturated rings. The Morgan fingerprint density at radius 3 is 2.25 bits per heavy atom. The molecule has 2 heterocycles. The summed E-state index contributed by atoms with van der Waals surface area (Å²) < 4.78 is 27.0. The molecule has 0 aromatic heterocycles. The van der Waals surface area contributed by atoms with Crippen molar-refractivity contribution in [2.45, 2.75) is 44.9 Å². The van der Waals surface area contributed by atoms with Gasteiger partial charge in [-0.05, 0) is 49.7 Å². The lowest BCUT2D eigenvalue weighted by molar-refractivity contribution is -0.140. The van der Waals surface area contributed by atoms with E-state index in [0.29, 0.717) is 31.8 Å². The topological polar surface area (TPSA) is 40.6 Å². The zero-order chi connectivity index (χ0) is 19.7. The number of carbonyl (C=O) groups is 2. The molecule has 2 atom stereocenters. The van der Waals surface area contributed by atoms with Crippen LogP contribution in [-0.2, 0) is 4.79 Å². The van der Waals surface area contributed by atoms with Crippen molar-refractivity contribution in [3.05, 3.63) is 35.4 Å². The highest BCUT2D eigenvalue weighted by atomic mass is 19.1. The van der Waals surface area contributed by atoms with Crippen molar-refractivity contribution in [1.29, 1.82) is 0 Å². The van der Waals surface area contributed by atoms with Gasteiger partial charge < -0.3 is 9.80 Å². The summed E-state index contributed by atoms with van der Waals surface area (Å²) >= 11 is 0. The van der Waals surface area contributed by atoms with Gasteiger partial charge in [-0.2, -0.15) is 0 Å². The molecular formula is C22H28F2N2O2. The molecule has 3 aliphatic rings. The number of amides is 2.